The standard InChI is InChI=1S/C15H16ClFN2OS/c1-10(14-4-3-7-21-14)19(2)9-15(20)18-13-8-11(16)5-6-12(13)17/h3-8,10H,9H2,1-2H3,(H,18,20). The number of amides is 1. The van der Waals surface area contributed by atoms with E-state index in [1.165, 1.54) is 23.1 Å². The van der Waals surface area contributed by atoms with E-state index in [1.807, 2.05) is 36.4 Å². The van der Waals surface area contributed by atoms with Gasteiger partial charge in [0.05, 0.1) is 12.2 Å². The van der Waals surface area contributed by atoms with Gasteiger partial charge in [-0.3, -0.25) is 9.69 Å². The molecule has 0 fully saturated rings. The Morgan fingerprint density at radius 2 is 2.24 bits per heavy atom. The smallest absolute Gasteiger partial charge is 0.238 e. The lowest BCUT2D eigenvalue weighted by Gasteiger charge is -2.23. The van der Waals surface area contributed by atoms with E-state index in [1.54, 1.807) is 11.3 Å². The Morgan fingerprint density at radius 3 is 2.90 bits per heavy atom. The molecule has 1 N–H and O–H groups in total. The van der Waals surface area contributed by atoms with Crippen LogP contribution in [0.3, 0.4) is 0 Å². The van der Waals surface area contributed by atoms with Crippen molar-refractivity contribution in [3.63, 3.8) is 0 Å². The third-order valence-electron chi connectivity index (χ3n) is 3.21. The molecule has 0 saturated heterocycles. The SMILES string of the molecule is CC(c1cccs1)N(C)CC(=O)Nc1cc(Cl)ccc1F. The van der Waals surface area contributed by atoms with E-state index < -0.39 is 5.82 Å². The molecule has 21 heavy (non-hydrogen) atoms. The van der Waals surface area contributed by atoms with Crippen LogP contribution in [0.5, 0.6) is 0 Å². The topological polar surface area (TPSA) is 32.3 Å². The summed E-state index contributed by atoms with van der Waals surface area (Å²) in [5.74, 6) is -0.774. The van der Waals surface area contributed by atoms with E-state index in [0.29, 0.717) is 5.02 Å². The van der Waals surface area contributed by atoms with Crippen molar-refractivity contribution in [2.75, 3.05) is 18.9 Å². The van der Waals surface area contributed by atoms with Crippen LogP contribution < -0.4 is 5.32 Å². The Morgan fingerprint density at radius 1 is 1.48 bits per heavy atom. The third-order valence-corrected chi connectivity index (χ3v) is 4.49. The lowest BCUT2D eigenvalue weighted by molar-refractivity contribution is -0.117. The van der Waals surface area contributed by atoms with Gasteiger partial charge in [-0.05, 0) is 43.6 Å². The summed E-state index contributed by atoms with van der Waals surface area (Å²) in [6.45, 7) is 2.20. The molecular formula is C15H16ClFN2OS. The first-order chi connectivity index (χ1) is 9.97. The fourth-order valence-electron chi connectivity index (χ4n) is 1.89. The summed E-state index contributed by atoms with van der Waals surface area (Å²) in [6, 6.07) is 8.21. The molecule has 2 rings (SSSR count). The zero-order valence-electron chi connectivity index (χ0n) is 11.8. The van der Waals surface area contributed by atoms with Crippen molar-refractivity contribution in [3.8, 4) is 0 Å². The number of carbonyl (C=O) groups is 1. The number of hydrogen-bond acceptors (Lipinski definition) is 3. The molecule has 2 aromatic rings. The van der Waals surface area contributed by atoms with Crippen LogP contribution in [0.15, 0.2) is 35.7 Å². The van der Waals surface area contributed by atoms with Crippen LogP contribution in [0, 0.1) is 5.82 Å². The average molecular weight is 327 g/mol. The van der Waals surface area contributed by atoms with Gasteiger partial charge in [0, 0.05) is 15.9 Å². The zero-order chi connectivity index (χ0) is 15.4. The van der Waals surface area contributed by atoms with Crippen LogP contribution in [0.1, 0.15) is 17.8 Å². The first kappa shape index (κ1) is 15.9. The first-order valence-electron chi connectivity index (χ1n) is 6.46. The lowest BCUT2D eigenvalue weighted by Crippen LogP contribution is -2.32. The molecule has 0 spiro atoms. The molecule has 112 valence electrons. The molecule has 6 heteroatoms. The molecule has 1 amide bonds. The summed E-state index contributed by atoms with van der Waals surface area (Å²) < 4.78 is 13.6. The Balaban J connectivity index is 1.96. The molecule has 1 heterocycles. The van der Waals surface area contributed by atoms with Gasteiger partial charge in [0.15, 0.2) is 0 Å². The molecule has 0 radical (unpaired) electrons. The van der Waals surface area contributed by atoms with Gasteiger partial charge in [-0.15, -0.1) is 11.3 Å². The number of carbonyl (C=O) groups excluding carboxylic acids is 1. The van der Waals surface area contributed by atoms with Crippen molar-refractivity contribution >= 4 is 34.5 Å². The molecule has 1 aromatic carbocycles. The zero-order valence-corrected chi connectivity index (χ0v) is 13.3. The van der Waals surface area contributed by atoms with Gasteiger partial charge in [0.25, 0.3) is 0 Å². The molecule has 1 atom stereocenters. The first-order valence-corrected chi connectivity index (χ1v) is 7.71. The molecule has 0 bridgehead atoms. The van der Waals surface area contributed by atoms with Gasteiger partial charge in [0.2, 0.25) is 5.91 Å². The number of thiophene rings is 1. The minimum atomic E-state index is -0.498. The van der Waals surface area contributed by atoms with E-state index in [-0.39, 0.29) is 24.2 Å². The normalized spacial score (nSPS) is 12.4. The van der Waals surface area contributed by atoms with Gasteiger partial charge < -0.3 is 5.32 Å². The maximum Gasteiger partial charge on any atom is 0.238 e. The van der Waals surface area contributed by atoms with Crippen molar-refractivity contribution < 1.29 is 9.18 Å². The van der Waals surface area contributed by atoms with Crippen LogP contribution >= 0.6 is 22.9 Å². The Bertz CT molecular complexity index is 618. The van der Waals surface area contributed by atoms with Crippen molar-refractivity contribution in [1.29, 1.82) is 0 Å². The monoisotopic (exact) mass is 326 g/mol. The highest BCUT2D eigenvalue weighted by atomic mass is 35.5. The molecule has 3 nitrogen and oxygen atoms in total. The summed E-state index contributed by atoms with van der Waals surface area (Å²) in [5.41, 5.74) is 0.102. The van der Waals surface area contributed by atoms with Crippen LogP contribution in [-0.2, 0) is 4.79 Å². The predicted octanol–water partition coefficient (Wildman–Crippen LogP) is 4.17. The van der Waals surface area contributed by atoms with E-state index in [2.05, 4.69) is 5.32 Å². The van der Waals surface area contributed by atoms with Crippen molar-refractivity contribution in [2.45, 2.75) is 13.0 Å². The second kappa shape index (κ2) is 7.02. The molecule has 0 aliphatic heterocycles. The summed E-state index contributed by atoms with van der Waals surface area (Å²) >= 11 is 7.44. The second-order valence-electron chi connectivity index (χ2n) is 4.78. The molecule has 0 aliphatic rings. The summed E-state index contributed by atoms with van der Waals surface area (Å²) in [6.07, 6.45) is 0. The second-order valence-corrected chi connectivity index (χ2v) is 6.19. The Kier molecular flexibility index (Phi) is 5.33. The molecule has 1 aromatic heterocycles. The van der Waals surface area contributed by atoms with E-state index in [0.717, 1.165) is 0 Å². The molecule has 0 aliphatic carbocycles. The van der Waals surface area contributed by atoms with Crippen molar-refractivity contribution in [2.24, 2.45) is 0 Å². The van der Waals surface area contributed by atoms with Crippen molar-refractivity contribution in [3.05, 3.63) is 51.4 Å². The Hall–Kier alpha value is -1.43. The molecular weight excluding hydrogens is 311 g/mol. The predicted molar refractivity (Wildman–Crippen MR) is 85.4 cm³/mol. The summed E-state index contributed by atoms with van der Waals surface area (Å²) in [7, 11) is 1.86. The number of rotatable bonds is 5. The maximum absolute atomic E-state index is 13.6. The maximum atomic E-state index is 13.6. The van der Waals surface area contributed by atoms with E-state index in [9.17, 15) is 9.18 Å². The number of nitrogens with zero attached hydrogens (tertiary/aromatic N) is 1. The fraction of sp³-hybridized carbons (Fsp3) is 0.267. The Labute approximate surface area is 132 Å². The highest BCUT2D eigenvalue weighted by Gasteiger charge is 2.16. The largest absolute Gasteiger partial charge is 0.322 e. The number of likely N-dealkylation sites (N-methyl/N-ethyl adjacent to an activating group) is 1. The number of anilines is 1. The van der Waals surface area contributed by atoms with Crippen LogP contribution in [0.2, 0.25) is 5.02 Å². The molecule has 1 unspecified atom stereocenters. The van der Waals surface area contributed by atoms with Gasteiger partial charge in [0.1, 0.15) is 5.82 Å². The number of nitrogens with one attached hydrogen (secondary N) is 1. The molecule has 0 saturated carbocycles. The fourth-order valence-corrected chi connectivity index (χ4v) is 2.91. The van der Waals surface area contributed by atoms with Crippen LogP contribution in [0.25, 0.3) is 0 Å². The quantitative estimate of drug-likeness (QED) is 0.894. The minimum absolute atomic E-state index is 0.102. The van der Waals surface area contributed by atoms with Gasteiger partial charge >= 0.3 is 0 Å². The van der Waals surface area contributed by atoms with Gasteiger partial charge in [-0.2, -0.15) is 0 Å². The van der Waals surface area contributed by atoms with Crippen LogP contribution in [0.4, 0.5) is 10.1 Å². The number of hydrogen-bond donors (Lipinski definition) is 1. The lowest BCUT2D eigenvalue weighted by atomic mass is 10.2. The van der Waals surface area contributed by atoms with Gasteiger partial charge in [-0.1, -0.05) is 17.7 Å². The van der Waals surface area contributed by atoms with Crippen LogP contribution in [-0.4, -0.2) is 24.4 Å². The average Bonchev–Trinajstić information content (AvgIpc) is 2.96. The minimum Gasteiger partial charge on any atom is -0.322 e. The third kappa shape index (κ3) is 4.27. The van der Waals surface area contributed by atoms with E-state index in [4.69, 9.17) is 11.6 Å². The highest BCUT2D eigenvalue weighted by molar-refractivity contribution is 7.10. The number of benzene rings is 1. The number of halogens is 2. The van der Waals surface area contributed by atoms with Gasteiger partial charge in [-0.25, -0.2) is 4.39 Å². The summed E-state index contributed by atoms with van der Waals surface area (Å²) in [4.78, 5) is 15.1. The highest BCUT2D eigenvalue weighted by Crippen LogP contribution is 2.23. The summed E-state index contributed by atoms with van der Waals surface area (Å²) in [5, 5.41) is 4.93. The van der Waals surface area contributed by atoms with Crippen molar-refractivity contribution in [1.82, 2.24) is 4.90 Å². The van der Waals surface area contributed by atoms with E-state index >= 15 is 0 Å².